The van der Waals surface area contributed by atoms with Gasteiger partial charge >= 0.3 is 0 Å². The van der Waals surface area contributed by atoms with Gasteiger partial charge < -0.3 is 0 Å². The van der Waals surface area contributed by atoms with Gasteiger partial charge in [-0.25, -0.2) is 0 Å². The van der Waals surface area contributed by atoms with Gasteiger partial charge in [0.05, 0.1) is 0 Å². The van der Waals surface area contributed by atoms with Crippen molar-refractivity contribution < 1.29 is 0 Å². The molecule has 0 spiro atoms. The Hall–Kier alpha value is -0.780. The molecule has 0 heterocycles. The summed E-state index contributed by atoms with van der Waals surface area (Å²) in [4.78, 5) is 0. The first-order valence-corrected chi connectivity index (χ1v) is 6.06. The molecule has 0 saturated heterocycles. The van der Waals surface area contributed by atoms with Crippen molar-refractivity contribution in [2.24, 2.45) is 0 Å². The molecule has 84 valence electrons. The van der Waals surface area contributed by atoms with Crippen LogP contribution in [0.1, 0.15) is 59.8 Å². The van der Waals surface area contributed by atoms with Crippen molar-refractivity contribution in [2.45, 2.75) is 59.8 Å². The predicted molar refractivity (Wildman–Crippen MR) is 69.0 cm³/mol. The van der Waals surface area contributed by atoms with Gasteiger partial charge in [-0.1, -0.05) is 34.4 Å². The summed E-state index contributed by atoms with van der Waals surface area (Å²) in [5.41, 5.74) is 6.24. The van der Waals surface area contributed by atoms with Gasteiger partial charge in [-0.15, -0.1) is 0 Å². The molecule has 0 nitrogen and oxygen atoms in total. The van der Waals surface area contributed by atoms with Crippen LogP contribution in [0.3, 0.4) is 0 Å². The lowest BCUT2D eigenvalue weighted by Crippen LogP contribution is -1.91. The highest BCUT2D eigenvalue weighted by molar-refractivity contribution is 5.18. The summed E-state index contributed by atoms with van der Waals surface area (Å²) >= 11 is 0. The van der Waals surface area contributed by atoms with Gasteiger partial charge in [-0.3, -0.25) is 0 Å². The van der Waals surface area contributed by atoms with Crippen LogP contribution in [-0.4, -0.2) is 0 Å². The lowest BCUT2D eigenvalue weighted by atomic mass is 9.95. The minimum Gasteiger partial charge on any atom is -0.0853 e. The largest absolute Gasteiger partial charge is 0.0853 e. The van der Waals surface area contributed by atoms with Crippen molar-refractivity contribution in [1.82, 2.24) is 0 Å². The average molecular weight is 204 g/mol. The molecule has 0 aromatic carbocycles. The summed E-state index contributed by atoms with van der Waals surface area (Å²) in [6.07, 6.45) is 10.9. The maximum absolute atomic E-state index is 2.41. The molecule has 0 radical (unpaired) electrons. The quantitative estimate of drug-likeness (QED) is 0.477. The van der Waals surface area contributed by atoms with Crippen molar-refractivity contribution in [3.63, 3.8) is 0 Å². The molecular weight excluding hydrogens is 180 g/mol. The van der Waals surface area contributed by atoms with E-state index in [0.29, 0.717) is 0 Å². The molecule has 0 aromatic heterocycles. The minimum atomic E-state index is 1.17. The lowest BCUT2D eigenvalue weighted by Gasteiger charge is -2.11. The Morgan fingerprint density at radius 1 is 0.933 bits per heavy atom. The van der Waals surface area contributed by atoms with E-state index in [0.717, 1.165) is 0 Å². The van der Waals surface area contributed by atoms with Crippen LogP contribution in [0.4, 0.5) is 0 Å². The van der Waals surface area contributed by atoms with Crippen molar-refractivity contribution in [1.29, 1.82) is 0 Å². The highest BCUT2D eigenvalue weighted by Gasteiger charge is 2.02. The van der Waals surface area contributed by atoms with Crippen LogP contribution in [-0.2, 0) is 0 Å². The minimum absolute atomic E-state index is 1.17. The van der Waals surface area contributed by atoms with Gasteiger partial charge in [0.25, 0.3) is 0 Å². The monoisotopic (exact) mass is 204 g/mol. The second kappa shape index (κ2) is 5.95. The standard InChI is InChI=1S/C15H24/c1-12(2)15-10-8-13(3)6-5-7-14(4)9-11-15/h6,9H,5,7-8,10-11H2,1-4H3/b13-6-,14-9+. The molecule has 1 aliphatic rings. The van der Waals surface area contributed by atoms with E-state index < -0.39 is 0 Å². The van der Waals surface area contributed by atoms with Crippen LogP contribution >= 0.6 is 0 Å². The lowest BCUT2D eigenvalue weighted by molar-refractivity contribution is 0.844. The Kier molecular flexibility index (Phi) is 4.87. The molecule has 0 aliphatic heterocycles. The maximum atomic E-state index is 2.41. The molecule has 0 heteroatoms. The molecule has 1 aliphatic carbocycles. The van der Waals surface area contributed by atoms with Gasteiger partial charge in [0, 0.05) is 0 Å². The Labute approximate surface area is 94.8 Å². The number of hydrogen-bond acceptors (Lipinski definition) is 0. The molecule has 0 atom stereocenters. The van der Waals surface area contributed by atoms with Crippen LogP contribution in [0.15, 0.2) is 34.4 Å². The Bertz CT molecular complexity index is 296. The van der Waals surface area contributed by atoms with Gasteiger partial charge in [0.1, 0.15) is 0 Å². The summed E-state index contributed by atoms with van der Waals surface area (Å²) in [5, 5.41) is 0. The SMILES string of the molecule is CC(C)=C1C/C=C(\C)CC/C=C(/C)CC1. The predicted octanol–water partition coefficient (Wildman–Crippen LogP) is 5.18. The van der Waals surface area contributed by atoms with Crippen LogP contribution in [0.2, 0.25) is 0 Å². The molecule has 1 rings (SSSR count). The molecule has 0 N–H and O–H groups in total. The van der Waals surface area contributed by atoms with Crippen molar-refractivity contribution >= 4 is 0 Å². The third-order valence-electron chi connectivity index (χ3n) is 3.26. The summed E-state index contributed by atoms with van der Waals surface area (Å²) in [5.74, 6) is 0. The first-order valence-electron chi connectivity index (χ1n) is 6.06. The van der Waals surface area contributed by atoms with Crippen LogP contribution < -0.4 is 0 Å². The summed E-state index contributed by atoms with van der Waals surface area (Å²) in [6, 6.07) is 0. The fourth-order valence-electron chi connectivity index (χ4n) is 1.95. The van der Waals surface area contributed by atoms with Crippen LogP contribution in [0.25, 0.3) is 0 Å². The molecule has 0 amide bonds. The van der Waals surface area contributed by atoms with E-state index in [1.807, 2.05) is 0 Å². The van der Waals surface area contributed by atoms with Crippen molar-refractivity contribution in [3.05, 3.63) is 34.4 Å². The van der Waals surface area contributed by atoms with E-state index in [1.54, 1.807) is 16.7 Å². The molecular formula is C15H24. The normalized spacial score (nSPS) is 26.3. The third kappa shape index (κ3) is 4.51. The number of allylic oxidation sites excluding steroid dienone is 6. The average Bonchev–Trinajstić information content (AvgIpc) is 2.16. The highest BCUT2D eigenvalue weighted by atomic mass is 14.1. The summed E-state index contributed by atoms with van der Waals surface area (Å²) in [6.45, 7) is 9.00. The first-order chi connectivity index (χ1) is 7.09. The van der Waals surface area contributed by atoms with Crippen LogP contribution in [0, 0.1) is 0 Å². The van der Waals surface area contributed by atoms with Gasteiger partial charge in [0.15, 0.2) is 0 Å². The highest BCUT2D eigenvalue weighted by Crippen LogP contribution is 2.22. The van der Waals surface area contributed by atoms with Crippen molar-refractivity contribution in [2.75, 3.05) is 0 Å². The zero-order valence-corrected chi connectivity index (χ0v) is 10.7. The zero-order valence-electron chi connectivity index (χ0n) is 10.7. The van der Waals surface area contributed by atoms with E-state index >= 15 is 0 Å². The molecule has 0 fully saturated rings. The third-order valence-corrected chi connectivity index (χ3v) is 3.26. The number of hydrogen-bond donors (Lipinski definition) is 0. The Morgan fingerprint density at radius 2 is 1.60 bits per heavy atom. The molecule has 0 unspecified atom stereocenters. The maximum Gasteiger partial charge on any atom is -0.0134 e. The molecule has 0 aromatic rings. The van der Waals surface area contributed by atoms with E-state index in [4.69, 9.17) is 0 Å². The topological polar surface area (TPSA) is 0 Å². The van der Waals surface area contributed by atoms with Crippen LogP contribution in [0.5, 0.6) is 0 Å². The van der Waals surface area contributed by atoms with Gasteiger partial charge in [-0.2, -0.15) is 0 Å². The zero-order chi connectivity index (χ0) is 11.3. The molecule has 0 saturated carbocycles. The fraction of sp³-hybridized carbons (Fsp3) is 0.600. The summed E-state index contributed by atoms with van der Waals surface area (Å²) < 4.78 is 0. The first kappa shape index (κ1) is 12.3. The van der Waals surface area contributed by atoms with Gasteiger partial charge in [0.2, 0.25) is 0 Å². The van der Waals surface area contributed by atoms with E-state index in [1.165, 1.54) is 37.7 Å². The van der Waals surface area contributed by atoms with E-state index in [2.05, 4.69) is 39.8 Å². The second-order valence-corrected chi connectivity index (χ2v) is 4.95. The summed E-state index contributed by atoms with van der Waals surface area (Å²) in [7, 11) is 0. The van der Waals surface area contributed by atoms with Crippen molar-refractivity contribution in [3.8, 4) is 0 Å². The van der Waals surface area contributed by atoms with Gasteiger partial charge in [-0.05, 0) is 59.8 Å². The Morgan fingerprint density at radius 3 is 2.27 bits per heavy atom. The fourth-order valence-corrected chi connectivity index (χ4v) is 1.95. The van der Waals surface area contributed by atoms with E-state index in [-0.39, 0.29) is 0 Å². The second-order valence-electron chi connectivity index (χ2n) is 4.95. The molecule has 0 bridgehead atoms. The molecule has 15 heavy (non-hydrogen) atoms. The number of rotatable bonds is 0. The Balaban J connectivity index is 2.80. The smallest absolute Gasteiger partial charge is 0.0134 e. The van der Waals surface area contributed by atoms with E-state index in [9.17, 15) is 0 Å².